The van der Waals surface area contributed by atoms with Crippen LogP contribution in [0.5, 0.6) is 17.2 Å². The molecule has 7 nitrogen and oxygen atoms in total. The highest BCUT2D eigenvalue weighted by Crippen LogP contribution is 2.34. The molecule has 1 heterocycles. The maximum absolute atomic E-state index is 9.45. The van der Waals surface area contributed by atoms with Gasteiger partial charge in [-0.25, -0.2) is 0 Å². The Hall–Kier alpha value is -4.22. The van der Waals surface area contributed by atoms with E-state index in [0.29, 0.717) is 39.5 Å². The molecule has 0 amide bonds. The summed E-state index contributed by atoms with van der Waals surface area (Å²) in [5, 5.41) is 15.1. The number of methoxy groups -OCH3 is 2. The minimum atomic E-state index is -0.135. The molecule has 5 rings (SSSR count). The summed E-state index contributed by atoms with van der Waals surface area (Å²) in [6, 6.07) is 28.3. The first-order chi connectivity index (χ1) is 21.2. The molecule has 43 heavy (non-hydrogen) atoms. The van der Waals surface area contributed by atoms with E-state index in [4.69, 9.17) is 23.7 Å². The van der Waals surface area contributed by atoms with Crippen molar-refractivity contribution >= 4 is 10.8 Å². The predicted molar refractivity (Wildman–Crippen MR) is 167 cm³/mol. The number of aliphatic hydroxyl groups excluding tert-OH is 1. The summed E-state index contributed by atoms with van der Waals surface area (Å²) in [4.78, 5) is 0. The quantitative estimate of drug-likeness (QED) is 0.147. The van der Waals surface area contributed by atoms with Crippen molar-refractivity contribution < 1.29 is 28.8 Å². The molecule has 1 aliphatic rings. The zero-order chi connectivity index (χ0) is 29.9. The fourth-order valence-electron chi connectivity index (χ4n) is 5.66. The molecular formula is C36H39NO6. The van der Waals surface area contributed by atoms with Gasteiger partial charge in [0.25, 0.3) is 0 Å². The van der Waals surface area contributed by atoms with Crippen LogP contribution in [0.3, 0.4) is 0 Å². The molecule has 0 aliphatic carbocycles. The monoisotopic (exact) mass is 581 g/mol. The number of nitrogens with one attached hydrogen (secondary N) is 1. The third kappa shape index (κ3) is 7.79. The van der Waals surface area contributed by atoms with Crippen LogP contribution in [0.4, 0.5) is 0 Å². The maximum atomic E-state index is 9.45. The molecule has 3 atom stereocenters. The van der Waals surface area contributed by atoms with E-state index in [1.807, 2.05) is 54.6 Å². The predicted octanol–water partition coefficient (Wildman–Crippen LogP) is 6.06. The van der Waals surface area contributed by atoms with E-state index in [-0.39, 0.29) is 17.9 Å². The number of benzene rings is 4. The first-order valence-electron chi connectivity index (χ1n) is 14.6. The third-order valence-corrected chi connectivity index (χ3v) is 7.78. The minimum absolute atomic E-state index is 0.0133. The van der Waals surface area contributed by atoms with Crippen molar-refractivity contribution in [2.24, 2.45) is 5.92 Å². The van der Waals surface area contributed by atoms with Gasteiger partial charge < -0.3 is 34.1 Å². The van der Waals surface area contributed by atoms with Crippen LogP contribution in [0.1, 0.15) is 29.0 Å². The number of hydrogen-bond donors (Lipinski definition) is 2. The van der Waals surface area contributed by atoms with Crippen molar-refractivity contribution in [1.82, 2.24) is 5.32 Å². The molecule has 1 saturated heterocycles. The van der Waals surface area contributed by atoms with E-state index in [0.717, 1.165) is 51.1 Å². The molecule has 0 radical (unpaired) electrons. The van der Waals surface area contributed by atoms with E-state index in [1.165, 1.54) is 0 Å². The molecule has 0 spiro atoms. The lowest BCUT2D eigenvalue weighted by molar-refractivity contribution is 0.00155. The van der Waals surface area contributed by atoms with Crippen LogP contribution in [0.25, 0.3) is 10.8 Å². The number of piperidine rings is 1. The fourth-order valence-corrected chi connectivity index (χ4v) is 5.66. The standard InChI is InChI=1S/C36H39NO6/c1-39-33-11-6-4-9-30(33)25-41-18-7-19-42-31-14-12-27(13-15-31)36-29(16-17-38)22-37-23-35(36)43-24-26-20-28-8-3-5-10-32(28)34(21-26)40-2/h3-6,8-15,20-21,29,35-38H,7,18-19,22-25H2,1-2H3/t29?,35-,36-/m0/s1. The molecule has 224 valence electrons. The Morgan fingerprint density at radius 3 is 2.44 bits per heavy atom. The first kappa shape index (κ1) is 30.2. The Morgan fingerprint density at radius 2 is 1.63 bits per heavy atom. The SMILES string of the molecule is COc1ccccc1COCCCOc1ccc([C@H]2C(C#CO)CNC[C@@H]2OCc2cc(OC)c3ccccc3c2)cc1. The molecule has 4 aromatic carbocycles. The fraction of sp³-hybridized carbons (Fsp3) is 0.333. The molecule has 1 unspecified atom stereocenters. The Balaban J connectivity index is 1.18. The molecule has 0 bridgehead atoms. The summed E-state index contributed by atoms with van der Waals surface area (Å²) in [6.45, 7) is 3.45. The Labute approximate surface area is 253 Å². The highest BCUT2D eigenvalue weighted by molar-refractivity contribution is 5.89. The zero-order valence-corrected chi connectivity index (χ0v) is 24.8. The second-order valence-corrected chi connectivity index (χ2v) is 10.6. The van der Waals surface area contributed by atoms with E-state index in [2.05, 4.69) is 47.7 Å². The van der Waals surface area contributed by atoms with Gasteiger partial charge in [0.1, 0.15) is 23.4 Å². The topological polar surface area (TPSA) is 78.4 Å². The lowest BCUT2D eigenvalue weighted by atomic mass is 9.79. The van der Waals surface area contributed by atoms with Gasteiger partial charge in [-0.2, -0.15) is 0 Å². The van der Waals surface area contributed by atoms with Gasteiger partial charge in [0, 0.05) is 42.3 Å². The van der Waals surface area contributed by atoms with Crippen LogP contribution < -0.4 is 19.5 Å². The molecule has 1 fully saturated rings. The van der Waals surface area contributed by atoms with Crippen molar-refractivity contribution in [3.8, 4) is 29.3 Å². The number of rotatable bonds is 13. The zero-order valence-electron chi connectivity index (χ0n) is 24.8. The van der Waals surface area contributed by atoms with Crippen molar-refractivity contribution in [1.29, 1.82) is 0 Å². The van der Waals surface area contributed by atoms with Gasteiger partial charge in [-0.3, -0.25) is 0 Å². The summed E-state index contributed by atoms with van der Waals surface area (Å²) >= 11 is 0. The Morgan fingerprint density at radius 1 is 0.837 bits per heavy atom. The molecule has 1 aliphatic heterocycles. The second-order valence-electron chi connectivity index (χ2n) is 10.6. The van der Waals surface area contributed by atoms with Gasteiger partial charge >= 0.3 is 0 Å². The number of aliphatic hydroxyl groups is 1. The van der Waals surface area contributed by atoms with Crippen LogP contribution in [0.15, 0.2) is 84.9 Å². The van der Waals surface area contributed by atoms with E-state index >= 15 is 0 Å². The van der Waals surface area contributed by atoms with Gasteiger partial charge in [-0.15, -0.1) is 0 Å². The number of hydrogen-bond acceptors (Lipinski definition) is 7. The van der Waals surface area contributed by atoms with Crippen molar-refractivity contribution in [3.05, 3.63) is 102 Å². The summed E-state index contributed by atoms with van der Waals surface area (Å²) in [6.07, 6.45) is 2.77. The van der Waals surface area contributed by atoms with Gasteiger partial charge in [-0.1, -0.05) is 60.5 Å². The Bertz CT molecular complexity index is 1530. The molecular weight excluding hydrogens is 542 g/mol. The van der Waals surface area contributed by atoms with Crippen LogP contribution in [0.2, 0.25) is 0 Å². The number of fused-ring (bicyclic) bond motifs is 1. The summed E-state index contributed by atoms with van der Waals surface area (Å²) in [5.41, 5.74) is 3.17. The summed E-state index contributed by atoms with van der Waals surface area (Å²) < 4.78 is 29.3. The minimum Gasteiger partial charge on any atom is -0.496 e. The number of ether oxygens (including phenoxy) is 5. The lowest BCUT2D eigenvalue weighted by Crippen LogP contribution is -2.46. The molecule has 7 heteroatoms. The highest BCUT2D eigenvalue weighted by Gasteiger charge is 2.34. The largest absolute Gasteiger partial charge is 0.496 e. The highest BCUT2D eigenvalue weighted by atomic mass is 16.5. The van der Waals surface area contributed by atoms with Crippen molar-refractivity contribution in [2.75, 3.05) is 40.5 Å². The molecule has 0 aromatic heterocycles. The first-order valence-corrected chi connectivity index (χ1v) is 14.6. The molecule has 0 saturated carbocycles. The Kier molecular flexibility index (Phi) is 10.8. The van der Waals surface area contributed by atoms with Crippen molar-refractivity contribution in [3.63, 3.8) is 0 Å². The van der Waals surface area contributed by atoms with Gasteiger partial charge in [-0.05, 0) is 46.8 Å². The van der Waals surface area contributed by atoms with Gasteiger partial charge in [0.2, 0.25) is 0 Å². The maximum Gasteiger partial charge on any atom is 0.127 e. The smallest absolute Gasteiger partial charge is 0.127 e. The second kappa shape index (κ2) is 15.3. The summed E-state index contributed by atoms with van der Waals surface area (Å²) in [7, 11) is 3.36. The van der Waals surface area contributed by atoms with E-state index in [9.17, 15) is 5.11 Å². The normalized spacial score (nSPS) is 18.0. The molecule has 2 N–H and O–H groups in total. The average Bonchev–Trinajstić information content (AvgIpc) is 3.05. The van der Waals surface area contributed by atoms with Gasteiger partial charge in [0.15, 0.2) is 0 Å². The molecule has 4 aromatic rings. The van der Waals surface area contributed by atoms with Crippen LogP contribution >= 0.6 is 0 Å². The summed E-state index contributed by atoms with van der Waals surface area (Å²) in [5.74, 6) is 5.34. The lowest BCUT2D eigenvalue weighted by Gasteiger charge is -2.36. The number of para-hydroxylation sites is 1. The van der Waals surface area contributed by atoms with E-state index < -0.39 is 0 Å². The average molecular weight is 582 g/mol. The van der Waals surface area contributed by atoms with Crippen molar-refractivity contribution in [2.45, 2.75) is 31.7 Å². The van der Waals surface area contributed by atoms with Crippen LogP contribution in [-0.2, 0) is 22.7 Å². The van der Waals surface area contributed by atoms with Crippen LogP contribution in [0, 0.1) is 17.9 Å². The van der Waals surface area contributed by atoms with Gasteiger partial charge in [0.05, 0.1) is 46.8 Å². The third-order valence-electron chi connectivity index (χ3n) is 7.78. The van der Waals surface area contributed by atoms with E-state index in [1.54, 1.807) is 14.2 Å². The van der Waals surface area contributed by atoms with Crippen LogP contribution in [-0.4, -0.2) is 51.7 Å².